The van der Waals surface area contributed by atoms with E-state index < -0.39 is 16.0 Å². The van der Waals surface area contributed by atoms with E-state index in [2.05, 4.69) is 4.74 Å². The highest BCUT2D eigenvalue weighted by Gasteiger charge is 2.06. The van der Waals surface area contributed by atoms with Gasteiger partial charge in [-0.25, -0.2) is 18.4 Å². The Bertz CT molecular complexity index is 512. The fourth-order valence-corrected chi connectivity index (χ4v) is 1.80. The van der Waals surface area contributed by atoms with Gasteiger partial charge >= 0.3 is 5.97 Å². The van der Waals surface area contributed by atoms with Crippen LogP contribution in [0.5, 0.6) is 5.75 Å². The van der Waals surface area contributed by atoms with Gasteiger partial charge in [0.05, 0.1) is 25.0 Å². The second-order valence-corrected chi connectivity index (χ2v) is 5.32. The molecular formula is C11H15NO5S. The molecule has 0 saturated carbocycles. The van der Waals surface area contributed by atoms with E-state index in [0.29, 0.717) is 17.7 Å². The zero-order valence-corrected chi connectivity index (χ0v) is 10.8. The highest BCUT2D eigenvalue weighted by molar-refractivity contribution is 7.89. The number of nitrogens with two attached hydrogens (primary N) is 1. The minimum Gasteiger partial charge on any atom is -0.494 e. The first-order valence-corrected chi connectivity index (χ1v) is 6.95. The van der Waals surface area contributed by atoms with E-state index in [1.807, 2.05) is 0 Å². The monoisotopic (exact) mass is 273 g/mol. The molecule has 0 aliphatic rings. The largest absolute Gasteiger partial charge is 0.494 e. The van der Waals surface area contributed by atoms with Gasteiger partial charge in [-0.05, 0) is 24.6 Å². The summed E-state index contributed by atoms with van der Waals surface area (Å²) in [6.45, 7) is 0.209. The van der Waals surface area contributed by atoms with Crippen LogP contribution in [-0.2, 0) is 14.8 Å². The molecule has 0 spiro atoms. The molecule has 6 nitrogen and oxygen atoms in total. The Morgan fingerprint density at radius 1 is 1.39 bits per heavy atom. The Labute approximate surface area is 106 Å². The van der Waals surface area contributed by atoms with Crippen LogP contribution in [0.1, 0.15) is 16.8 Å². The maximum Gasteiger partial charge on any atom is 0.337 e. The predicted octanol–water partition coefficient (Wildman–Crippen LogP) is 0.531. The second kappa shape index (κ2) is 6.36. The van der Waals surface area contributed by atoms with Crippen molar-refractivity contribution in [2.75, 3.05) is 19.5 Å². The number of rotatable bonds is 6. The highest BCUT2D eigenvalue weighted by atomic mass is 32.2. The summed E-state index contributed by atoms with van der Waals surface area (Å²) in [7, 11) is -2.16. The van der Waals surface area contributed by atoms with Gasteiger partial charge in [0.1, 0.15) is 5.75 Å². The van der Waals surface area contributed by atoms with Crippen molar-refractivity contribution >= 4 is 16.0 Å². The van der Waals surface area contributed by atoms with Crippen molar-refractivity contribution in [2.24, 2.45) is 5.14 Å². The van der Waals surface area contributed by atoms with Crippen LogP contribution in [0.2, 0.25) is 0 Å². The third-order valence-electron chi connectivity index (χ3n) is 2.10. The third-order valence-corrected chi connectivity index (χ3v) is 2.95. The van der Waals surface area contributed by atoms with Gasteiger partial charge in [0.2, 0.25) is 10.0 Å². The van der Waals surface area contributed by atoms with Gasteiger partial charge in [-0.15, -0.1) is 0 Å². The number of carbonyl (C=O) groups excluding carboxylic acids is 1. The number of sulfonamides is 1. The third kappa shape index (κ3) is 5.15. The Balaban J connectivity index is 2.50. The van der Waals surface area contributed by atoms with E-state index in [4.69, 9.17) is 9.88 Å². The Kier molecular flexibility index (Phi) is 5.11. The van der Waals surface area contributed by atoms with E-state index in [1.165, 1.54) is 13.2 Å². The molecule has 1 aromatic rings. The van der Waals surface area contributed by atoms with Gasteiger partial charge in [0, 0.05) is 0 Å². The van der Waals surface area contributed by atoms with Crippen molar-refractivity contribution in [1.29, 1.82) is 0 Å². The summed E-state index contributed by atoms with van der Waals surface area (Å²) in [6, 6.07) is 6.45. The number of esters is 1. The fourth-order valence-electron chi connectivity index (χ4n) is 1.28. The van der Waals surface area contributed by atoms with Crippen LogP contribution in [-0.4, -0.2) is 33.9 Å². The van der Waals surface area contributed by atoms with Crippen molar-refractivity contribution in [3.8, 4) is 5.75 Å². The average molecular weight is 273 g/mol. The molecule has 0 radical (unpaired) electrons. The first-order valence-electron chi connectivity index (χ1n) is 5.24. The zero-order valence-electron chi connectivity index (χ0n) is 9.96. The first kappa shape index (κ1) is 14.5. The zero-order chi connectivity index (χ0) is 13.6. The Morgan fingerprint density at radius 3 is 2.72 bits per heavy atom. The topological polar surface area (TPSA) is 95.7 Å². The van der Waals surface area contributed by atoms with Gasteiger partial charge in [-0.2, -0.15) is 0 Å². The maximum absolute atomic E-state index is 11.3. The molecule has 18 heavy (non-hydrogen) atoms. The number of benzene rings is 1. The summed E-state index contributed by atoms with van der Waals surface area (Å²) >= 11 is 0. The summed E-state index contributed by atoms with van der Waals surface area (Å²) in [5.74, 6) is -0.110. The number of methoxy groups -OCH3 is 1. The first-order chi connectivity index (χ1) is 8.42. The van der Waals surface area contributed by atoms with Crippen molar-refractivity contribution in [2.45, 2.75) is 6.42 Å². The van der Waals surface area contributed by atoms with Gasteiger partial charge in [0.25, 0.3) is 0 Å². The minimum atomic E-state index is -3.46. The standard InChI is InChI=1S/C11H15NO5S/c1-16-11(13)9-4-2-5-10(8-9)17-6-3-7-18(12,14)15/h2,4-5,8H,3,6-7H2,1H3,(H2,12,14,15). The molecule has 2 N–H and O–H groups in total. The minimum absolute atomic E-state index is 0.135. The van der Waals surface area contributed by atoms with Gasteiger partial charge in [-0.3, -0.25) is 0 Å². The molecule has 0 heterocycles. The van der Waals surface area contributed by atoms with Crippen LogP contribution in [0.15, 0.2) is 24.3 Å². The molecule has 7 heteroatoms. The van der Waals surface area contributed by atoms with Crippen LogP contribution >= 0.6 is 0 Å². The lowest BCUT2D eigenvalue weighted by Crippen LogP contribution is -2.18. The molecule has 0 amide bonds. The smallest absolute Gasteiger partial charge is 0.337 e. The van der Waals surface area contributed by atoms with E-state index >= 15 is 0 Å². The average Bonchev–Trinajstić information content (AvgIpc) is 2.33. The molecule has 0 fully saturated rings. The Morgan fingerprint density at radius 2 is 2.11 bits per heavy atom. The number of ether oxygens (including phenoxy) is 2. The molecule has 100 valence electrons. The normalized spacial score (nSPS) is 11.0. The van der Waals surface area contributed by atoms with Gasteiger partial charge in [-0.1, -0.05) is 6.07 Å². The quantitative estimate of drug-likeness (QED) is 0.602. The summed E-state index contributed by atoms with van der Waals surface area (Å²) in [5, 5.41) is 4.85. The molecule has 0 atom stereocenters. The Hall–Kier alpha value is -1.60. The van der Waals surface area contributed by atoms with Crippen LogP contribution in [0.4, 0.5) is 0 Å². The molecular weight excluding hydrogens is 258 g/mol. The fraction of sp³-hybridized carbons (Fsp3) is 0.364. The second-order valence-electron chi connectivity index (χ2n) is 3.59. The van der Waals surface area contributed by atoms with E-state index in [0.717, 1.165) is 0 Å². The summed E-state index contributed by atoms with van der Waals surface area (Å²) < 4.78 is 31.3. The van der Waals surface area contributed by atoms with E-state index in [-0.39, 0.29) is 12.4 Å². The van der Waals surface area contributed by atoms with E-state index in [9.17, 15) is 13.2 Å². The molecule has 0 aromatic heterocycles. The van der Waals surface area contributed by atoms with E-state index in [1.54, 1.807) is 18.2 Å². The van der Waals surface area contributed by atoms with Gasteiger partial charge in [0.15, 0.2) is 0 Å². The lowest BCUT2D eigenvalue weighted by molar-refractivity contribution is 0.0600. The molecule has 1 rings (SSSR count). The number of hydrogen-bond acceptors (Lipinski definition) is 5. The molecule has 1 aromatic carbocycles. The molecule has 0 saturated heterocycles. The maximum atomic E-state index is 11.3. The van der Waals surface area contributed by atoms with Crippen molar-refractivity contribution in [3.63, 3.8) is 0 Å². The number of carbonyl (C=O) groups is 1. The van der Waals surface area contributed by atoms with Crippen LogP contribution in [0.3, 0.4) is 0 Å². The van der Waals surface area contributed by atoms with Crippen LogP contribution < -0.4 is 9.88 Å². The summed E-state index contributed by atoms with van der Waals surface area (Å²) in [5.41, 5.74) is 0.376. The number of primary sulfonamides is 1. The molecule has 0 aliphatic heterocycles. The predicted molar refractivity (Wildman–Crippen MR) is 65.9 cm³/mol. The summed E-state index contributed by atoms with van der Waals surface area (Å²) in [6.07, 6.45) is 0.293. The van der Waals surface area contributed by atoms with Crippen molar-refractivity contribution < 1.29 is 22.7 Å². The summed E-state index contributed by atoms with van der Waals surface area (Å²) in [4.78, 5) is 11.3. The van der Waals surface area contributed by atoms with Gasteiger partial charge < -0.3 is 9.47 Å². The molecule has 0 aliphatic carbocycles. The lowest BCUT2D eigenvalue weighted by atomic mass is 10.2. The van der Waals surface area contributed by atoms with Crippen LogP contribution in [0, 0.1) is 0 Å². The van der Waals surface area contributed by atoms with Crippen LogP contribution in [0.25, 0.3) is 0 Å². The van der Waals surface area contributed by atoms with Crippen molar-refractivity contribution in [3.05, 3.63) is 29.8 Å². The molecule has 0 unspecified atom stereocenters. The van der Waals surface area contributed by atoms with Crippen molar-refractivity contribution in [1.82, 2.24) is 0 Å². The number of hydrogen-bond donors (Lipinski definition) is 1. The highest BCUT2D eigenvalue weighted by Crippen LogP contribution is 2.14. The lowest BCUT2D eigenvalue weighted by Gasteiger charge is -2.06. The SMILES string of the molecule is COC(=O)c1cccc(OCCCS(N)(=O)=O)c1. The molecule has 0 bridgehead atoms.